The second kappa shape index (κ2) is 9.40. The first-order valence-electron chi connectivity index (χ1n) is 9.02. The summed E-state index contributed by atoms with van der Waals surface area (Å²) in [5, 5.41) is 14.4. The summed E-state index contributed by atoms with van der Waals surface area (Å²) in [7, 11) is 0. The zero-order valence-electron chi connectivity index (χ0n) is 15.3. The van der Waals surface area contributed by atoms with E-state index in [-0.39, 0.29) is 4.75 Å². The first-order chi connectivity index (χ1) is 13.6. The fourth-order valence-electron chi connectivity index (χ4n) is 2.99. The number of carbonyl (C=O) groups is 2. The van der Waals surface area contributed by atoms with Crippen LogP contribution in [0.3, 0.4) is 0 Å². The van der Waals surface area contributed by atoms with E-state index >= 15 is 0 Å². The maximum Gasteiger partial charge on any atom is 0.313 e. The van der Waals surface area contributed by atoms with Gasteiger partial charge in [0.15, 0.2) is 0 Å². The number of benzene rings is 2. The Morgan fingerprint density at radius 1 is 1.04 bits per heavy atom. The molecule has 3 rings (SSSR count). The second-order valence-corrected chi connectivity index (χ2v) is 8.05. The number of anilines is 1. The van der Waals surface area contributed by atoms with Crippen molar-refractivity contribution in [3.05, 3.63) is 60.2 Å². The molecule has 0 radical (unpaired) electrons. The molecular formula is C21H21N3O3S. The van der Waals surface area contributed by atoms with Crippen LogP contribution in [-0.2, 0) is 14.3 Å². The number of ether oxygens (including phenoxy) is 1. The van der Waals surface area contributed by atoms with Crippen LogP contribution in [0.5, 0.6) is 0 Å². The summed E-state index contributed by atoms with van der Waals surface area (Å²) in [6, 6.07) is 18.6. The highest BCUT2D eigenvalue weighted by Gasteiger charge is 2.35. The molecule has 144 valence electrons. The lowest BCUT2D eigenvalue weighted by atomic mass is 9.99. The summed E-state index contributed by atoms with van der Waals surface area (Å²) < 4.78 is 5.26. The normalized spacial score (nSPS) is 15.2. The van der Waals surface area contributed by atoms with Gasteiger partial charge in [0, 0.05) is 29.4 Å². The molecule has 6 nitrogen and oxygen atoms in total. The quantitative estimate of drug-likeness (QED) is 0.760. The standard InChI is InChI=1S/C21H21N3O3S/c22-14-16-6-4-5-9-18(16)24-20(26)19(25)23-15-21(10-12-27-13-11-21)28-17-7-2-1-3-8-17/h1-9H,10-13,15H2,(H,23,25)(H,24,26). The van der Waals surface area contributed by atoms with E-state index in [9.17, 15) is 9.59 Å². The predicted octanol–water partition coefficient (Wildman–Crippen LogP) is 2.95. The third kappa shape index (κ3) is 5.12. The predicted molar refractivity (Wildman–Crippen MR) is 108 cm³/mol. The van der Waals surface area contributed by atoms with Crippen molar-refractivity contribution in [2.45, 2.75) is 22.5 Å². The van der Waals surface area contributed by atoms with Crippen LogP contribution in [-0.4, -0.2) is 36.3 Å². The summed E-state index contributed by atoms with van der Waals surface area (Å²) in [6.45, 7) is 1.61. The van der Waals surface area contributed by atoms with Crippen LogP contribution in [0.2, 0.25) is 0 Å². The van der Waals surface area contributed by atoms with Gasteiger partial charge >= 0.3 is 11.8 Å². The van der Waals surface area contributed by atoms with Crippen molar-refractivity contribution in [3.63, 3.8) is 0 Å². The third-order valence-corrected chi connectivity index (χ3v) is 6.05. The van der Waals surface area contributed by atoms with E-state index in [1.54, 1.807) is 36.0 Å². The first-order valence-corrected chi connectivity index (χ1v) is 9.84. The van der Waals surface area contributed by atoms with E-state index in [2.05, 4.69) is 10.6 Å². The number of carbonyl (C=O) groups excluding carboxylic acids is 2. The first kappa shape index (κ1) is 19.9. The molecule has 1 fully saturated rings. The van der Waals surface area contributed by atoms with Crippen LogP contribution in [0, 0.1) is 11.3 Å². The van der Waals surface area contributed by atoms with Gasteiger partial charge in [-0.1, -0.05) is 30.3 Å². The molecule has 0 saturated carbocycles. The van der Waals surface area contributed by atoms with Crippen LogP contribution >= 0.6 is 11.8 Å². The zero-order chi connectivity index (χ0) is 19.8. The van der Waals surface area contributed by atoms with Crippen LogP contribution in [0.1, 0.15) is 18.4 Å². The van der Waals surface area contributed by atoms with Gasteiger partial charge in [-0.3, -0.25) is 9.59 Å². The molecule has 1 saturated heterocycles. The Hall–Kier alpha value is -2.82. The maximum absolute atomic E-state index is 12.3. The van der Waals surface area contributed by atoms with Crippen molar-refractivity contribution >= 4 is 29.3 Å². The van der Waals surface area contributed by atoms with E-state index in [0.717, 1.165) is 17.7 Å². The number of nitrogens with zero attached hydrogens (tertiary/aromatic N) is 1. The lowest BCUT2D eigenvalue weighted by Crippen LogP contribution is -2.47. The van der Waals surface area contributed by atoms with E-state index in [1.165, 1.54) is 0 Å². The maximum atomic E-state index is 12.3. The molecule has 0 aromatic heterocycles. The molecule has 2 N–H and O–H groups in total. The average molecular weight is 395 g/mol. The Balaban J connectivity index is 1.63. The molecular weight excluding hydrogens is 374 g/mol. The van der Waals surface area contributed by atoms with E-state index < -0.39 is 11.8 Å². The number of hydrogen-bond acceptors (Lipinski definition) is 5. The molecule has 7 heteroatoms. The van der Waals surface area contributed by atoms with Crippen LogP contribution < -0.4 is 10.6 Å². The Morgan fingerprint density at radius 3 is 2.43 bits per heavy atom. The molecule has 1 aliphatic rings. The van der Waals surface area contributed by atoms with Gasteiger partial charge in [-0.25, -0.2) is 0 Å². The lowest BCUT2D eigenvalue weighted by molar-refractivity contribution is -0.136. The number of thioether (sulfide) groups is 1. The molecule has 0 aliphatic carbocycles. The number of rotatable bonds is 5. The highest BCUT2D eigenvalue weighted by molar-refractivity contribution is 8.00. The van der Waals surface area contributed by atoms with Crippen LogP contribution in [0.15, 0.2) is 59.5 Å². The Kier molecular flexibility index (Phi) is 6.69. The summed E-state index contributed by atoms with van der Waals surface area (Å²) >= 11 is 1.71. The van der Waals surface area contributed by atoms with Gasteiger partial charge in [0.2, 0.25) is 0 Å². The van der Waals surface area contributed by atoms with Crippen molar-refractivity contribution in [2.24, 2.45) is 0 Å². The molecule has 1 aliphatic heterocycles. The van der Waals surface area contributed by atoms with E-state index in [0.29, 0.717) is 31.0 Å². The monoisotopic (exact) mass is 395 g/mol. The van der Waals surface area contributed by atoms with Crippen LogP contribution in [0.4, 0.5) is 5.69 Å². The fraction of sp³-hybridized carbons (Fsp3) is 0.286. The zero-order valence-corrected chi connectivity index (χ0v) is 16.1. The number of hydrogen-bond donors (Lipinski definition) is 2. The molecule has 0 spiro atoms. The highest BCUT2D eigenvalue weighted by Crippen LogP contribution is 2.40. The largest absolute Gasteiger partial charge is 0.381 e. The molecule has 0 atom stereocenters. The summed E-state index contributed by atoms with van der Waals surface area (Å²) in [5.74, 6) is -1.50. The minimum atomic E-state index is -0.783. The molecule has 2 aromatic carbocycles. The van der Waals surface area contributed by atoms with Gasteiger partial charge in [-0.15, -0.1) is 11.8 Å². The third-order valence-electron chi connectivity index (χ3n) is 4.55. The van der Waals surface area contributed by atoms with Gasteiger partial charge in [0.05, 0.1) is 11.3 Å². The minimum absolute atomic E-state index is 0.222. The summed E-state index contributed by atoms with van der Waals surface area (Å²) in [6.07, 6.45) is 1.57. The van der Waals surface area contributed by atoms with E-state index in [1.807, 2.05) is 36.4 Å². The lowest BCUT2D eigenvalue weighted by Gasteiger charge is -2.36. The fourth-order valence-corrected chi connectivity index (χ4v) is 4.30. The van der Waals surface area contributed by atoms with Crippen molar-refractivity contribution in [2.75, 3.05) is 25.1 Å². The second-order valence-electron chi connectivity index (χ2n) is 6.50. The number of amides is 2. The van der Waals surface area contributed by atoms with Crippen molar-refractivity contribution < 1.29 is 14.3 Å². The van der Waals surface area contributed by atoms with E-state index in [4.69, 9.17) is 10.00 Å². The summed E-state index contributed by atoms with van der Waals surface area (Å²) in [5.41, 5.74) is 0.633. The topological polar surface area (TPSA) is 91.2 Å². The highest BCUT2D eigenvalue weighted by atomic mass is 32.2. The number of nitrogens with one attached hydrogen (secondary N) is 2. The molecule has 0 unspecified atom stereocenters. The van der Waals surface area contributed by atoms with Crippen LogP contribution in [0.25, 0.3) is 0 Å². The number of para-hydroxylation sites is 1. The van der Waals surface area contributed by atoms with Gasteiger partial charge < -0.3 is 15.4 Å². The van der Waals surface area contributed by atoms with Gasteiger partial charge in [-0.05, 0) is 37.1 Å². The van der Waals surface area contributed by atoms with Crippen molar-refractivity contribution in [1.82, 2.24) is 5.32 Å². The molecule has 2 aromatic rings. The molecule has 2 amide bonds. The Labute approximate surface area is 168 Å². The Bertz CT molecular complexity index is 874. The average Bonchev–Trinajstić information content (AvgIpc) is 2.74. The molecule has 28 heavy (non-hydrogen) atoms. The smallest absolute Gasteiger partial charge is 0.313 e. The SMILES string of the molecule is N#Cc1ccccc1NC(=O)C(=O)NCC1(Sc2ccccc2)CCOCC1. The van der Waals surface area contributed by atoms with Gasteiger partial charge in [-0.2, -0.15) is 5.26 Å². The minimum Gasteiger partial charge on any atom is -0.381 e. The summed E-state index contributed by atoms with van der Waals surface area (Å²) in [4.78, 5) is 25.7. The van der Waals surface area contributed by atoms with Gasteiger partial charge in [0.1, 0.15) is 6.07 Å². The molecule has 0 bridgehead atoms. The number of nitriles is 1. The Morgan fingerprint density at radius 2 is 1.71 bits per heavy atom. The van der Waals surface area contributed by atoms with Gasteiger partial charge in [0.25, 0.3) is 0 Å². The van der Waals surface area contributed by atoms with Crippen molar-refractivity contribution in [1.29, 1.82) is 5.26 Å². The molecule has 1 heterocycles. The van der Waals surface area contributed by atoms with Crippen molar-refractivity contribution in [3.8, 4) is 6.07 Å².